The van der Waals surface area contributed by atoms with E-state index in [1.807, 2.05) is 19.9 Å². The van der Waals surface area contributed by atoms with Crippen molar-refractivity contribution in [3.05, 3.63) is 17.6 Å². The Labute approximate surface area is 83.4 Å². The molecule has 0 saturated heterocycles. The maximum absolute atomic E-state index is 8.72. The van der Waals surface area contributed by atoms with E-state index in [0.29, 0.717) is 6.54 Å². The van der Waals surface area contributed by atoms with Crippen molar-refractivity contribution >= 4 is 5.82 Å². The van der Waals surface area contributed by atoms with Gasteiger partial charge in [0.15, 0.2) is 0 Å². The zero-order valence-corrected chi connectivity index (χ0v) is 8.49. The summed E-state index contributed by atoms with van der Waals surface area (Å²) >= 11 is 0. The summed E-state index contributed by atoms with van der Waals surface area (Å²) in [6.07, 6.45) is 0. The molecule has 1 aromatic heterocycles. The highest BCUT2D eigenvalue weighted by atomic mass is 16.3. The molecule has 78 valence electrons. The zero-order chi connectivity index (χ0) is 10.6. The molecule has 0 bridgehead atoms. The fourth-order valence-corrected chi connectivity index (χ4v) is 1.11. The first-order valence-corrected chi connectivity index (χ1v) is 4.54. The number of rotatable bonds is 4. The third-order valence-corrected chi connectivity index (χ3v) is 1.75. The molecule has 1 heterocycles. The molecule has 1 aromatic rings. The second kappa shape index (κ2) is 4.88. The van der Waals surface area contributed by atoms with Crippen molar-refractivity contribution in [3.63, 3.8) is 0 Å². The second-order valence-corrected chi connectivity index (χ2v) is 3.27. The summed E-state index contributed by atoms with van der Waals surface area (Å²) in [5.41, 5.74) is 6.46. The van der Waals surface area contributed by atoms with Crippen molar-refractivity contribution in [3.8, 4) is 0 Å². The minimum Gasteiger partial charge on any atom is -0.395 e. The summed E-state index contributed by atoms with van der Waals surface area (Å²) in [5, 5.41) is 11.8. The maximum atomic E-state index is 8.72. The maximum Gasteiger partial charge on any atom is 0.129 e. The van der Waals surface area contributed by atoms with Crippen LogP contribution in [0.1, 0.15) is 11.5 Å². The summed E-state index contributed by atoms with van der Waals surface area (Å²) in [5.74, 6) is 1.48. The summed E-state index contributed by atoms with van der Waals surface area (Å²) in [6, 6.07) is 1.59. The minimum absolute atomic E-state index is 0.0317. The van der Waals surface area contributed by atoms with Crippen molar-refractivity contribution < 1.29 is 5.11 Å². The largest absolute Gasteiger partial charge is 0.395 e. The van der Waals surface area contributed by atoms with Gasteiger partial charge >= 0.3 is 0 Å². The quantitative estimate of drug-likeness (QED) is 0.622. The van der Waals surface area contributed by atoms with E-state index >= 15 is 0 Å². The number of hydrogen-bond donors (Lipinski definition) is 3. The number of anilines is 1. The van der Waals surface area contributed by atoms with Gasteiger partial charge in [0.2, 0.25) is 0 Å². The van der Waals surface area contributed by atoms with Gasteiger partial charge in [-0.15, -0.1) is 0 Å². The lowest BCUT2D eigenvalue weighted by Gasteiger charge is -2.10. The van der Waals surface area contributed by atoms with E-state index in [4.69, 9.17) is 10.8 Å². The molecule has 0 amide bonds. The highest BCUT2D eigenvalue weighted by Gasteiger charge is 2.01. The SMILES string of the molecule is Cc1cc(NCC(N)CO)nc(C)n1. The van der Waals surface area contributed by atoms with Crippen molar-refractivity contribution in [2.45, 2.75) is 19.9 Å². The van der Waals surface area contributed by atoms with Crippen LogP contribution in [0.4, 0.5) is 5.82 Å². The van der Waals surface area contributed by atoms with E-state index in [-0.39, 0.29) is 12.6 Å². The fourth-order valence-electron chi connectivity index (χ4n) is 1.11. The predicted molar refractivity (Wildman–Crippen MR) is 55.1 cm³/mol. The normalized spacial score (nSPS) is 12.6. The van der Waals surface area contributed by atoms with Crippen LogP contribution in [0.3, 0.4) is 0 Å². The van der Waals surface area contributed by atoms with Gasteiger partial charge in [0, 0.05) is 24.3 Å². The number of hydrogen-bond acceptors (Lipinski definition) is 5. The molecule has 0 fully saturated rings. The molecule has 0 aliphatic heterocycles. The van der Waals surface area contributed by atoms with Crippen LogP contribution >= 0.6 is 0 Å². The molecule has 0 saturated carbocycles. The molecule has 14 heavy (non-hydrogen) atoms. The summed E-state index contributed by atoms with van der Waals surface area (Å²) in [7, 11) is 0. The number of aliphatic hydroxyl groups is 1. The van der Waals surface area contributed by atoms with Gasteiger partial charge in [0.05, 0.1) is 6.61 Å². The molecule has 0 radical (unpaired) electrons. The van der Waals surface area contributed by atoms with Crippen LogP contribution in [0, 0.1) is 13.8 Å². The van der Waals surface area contributed by atoms with Crippen LogP contribution in [-0.4, -0.2) is 34.3 Å². The van der Waals surface area contributed by atoms with Crippen LogP contribution in [0.25, 0.3) is 0 Å². The van der Waals surface area contributed by atoms with E-state index in [1.165, 1.54) is 0 Å². The van der Waals surface area contributed by atoms with Gasteiger partial charge < -0.3 is 16.2 Å². The predicted octanol–water partition coefficient (Wildman–Crippen LogP) is -0.175. The molecule has 5 nitrogen and oxygen atoms in total. The van der Waals surface area contributed by atoms with Gasteiger partial charge in [-0.1, -0.05) is 0 Å². The van der Waals surface area contributed by atoms with Crippen LogP contribution < -0.4 is 11.1 Å². The Bertz CT molecular complexity index is 283. The molecule has 1 atom stereocenters. The Hall–Kier alpha value is -1.20. The first-order valence-electron chi connectivity index (χ1n) is 4.54. The van der Waals surface area contributed by atoms with Crippen molar-refractivity contribution in [2.24, 2.45) is 5.73 Å². The van der Waals surface area contributed by atoms with Crippen molar-refractivity contribution in [1.82, 2.24) is 9.97 Å². The number of aliphatic hydroxyl groups excluding tert-OH is 1. The topological polar surface area (TPSA) is 84.1 Å². The number of aromatic nitrogens is 2. The van der Waals surface area contributed by atoms with Gasteiger partial charge in [-0.2, -0.15) is 0 Å². The standard InChI is InChI=1S/C9H16N4O/c1-6-3-9(13-7(2)12-6)11-4-8(10)5-14/h3,8,14H,4-5,10H2,1-2H3,(H,11,12,13). The van der Waals surface area contributed by atoms with Gasteiger partial charge in [0.1, 0.15) is 11.6 Å². The molecular formula is C9H16N4O. The number of aryl methyl sites for hydroxylation is 2. The molecule has 0 aromatic carbocycles. The average molecular weight is 196 g/mol. The molecule has 0 aliphatic rings. The summed E-state index contributed by atoms with van der Waals surface area (Å²) in [6.45, 7) is 4.22. The molecule has 4 N–H and O–H groups in total. The highest BCUT2D eigenvalue weighted by molar-refractivity contribution is 5.35. The lowest BCUT2D eigenvalue weighted by Crippen LogP contribution is -2.32. The van der Waals surface area contributed by atoms with Crippen LogP contribution in [0.15, 0.2) is 6.07 Å². The van der Waals surface area contributed by atoms with Gasteiger partial charge in [0.25, 0.3) is 0 Å². The third kappa shape index (κ3) is 3.27. The average Bonchev–Trinajstić information content (AvgIpc) is 2.12. The highest BCUT2D eigenvalue weighted by Crippen LogP contribution is 2.04. The van der Waals surface area contributed by atoms with Crippen molar-refractivity contribution in [1.29, 1.82) is 0 Å². The number of nitrogens with one attached hydrogen (secondary N) is 1. The Balaban J connectivity index is 2.58. The molecule has 0 aliphatic carbocycles. The monoisotopic (exact) mass is 196 g/mol. The first kappa shape index (κ1) is 10.9. The first-order chi connectivity index (χ1) is 6.61. The van der Waals surface area contributed by atoms with E-state index < -0.39 is 0 Å². The number of nitrogens with zero attached hydrogens (tertiary/aromatic N) is 2. The van der Waals surface area contributed by atoms with Gasteiger partial charge in [-0.25, -0.2) is 9.97 Å². The summed E-state index contributed by atoms with van der Waals surface area (Å²) in [4.78, 5) is 8.33. The second-order valence-electron chi connectivity index (χ2n) is 3.27. The number of nitrogens with two attached hydrogens (primary N) is 1. The fraction of sp³-hybridized carbons (Fsp3) is 0.556. The molecule has 0 spiro atoms. The zero-order valence-electron chi connectivity index (χ0n) is 8.49. The van der Waals surface area contributed by atoms with E-state index in [0.717, 1.165) is 17.3 Å². The van der Waals surface area contributed by atoms with E-state index in [9.17, 15) is 0 Å². The molecule has 5 heteroatoms. The van der Waals surface area contributed by atoms with E-state index in [1.54, 1.807) is 0 Å². The Kier molecular flexibility index (Phi) is 3.79. The summed E-state index contributed by atoms with van der Waals surface area (Å²) < 4.78 is 0. The third-order valence-electron chi connectivity index (χ3n) is 1.75. The Morgan fingerprint density at radius 2 is 2.21 bits per heavy atom. The molecular weight excluding hydrogens is 180 g/mol. The Morgan fingerprint density at radius 3 is 2.79 bits per heavy atom. The molecule has 1 unspecified atom stereocenters. The molecule has 1 rings (SSSR count). The van der Waals surface area contributed by atoms with Crippen LogP contribution in [0.2, 0.25) is 0 Å². The van der Waals surface area contributed by atoms with Crippen LogP contribution in [-0.2, 0) is 0 Å². The smallest absolute Gasteiger partial charge is 0.129 e. The lowest BCUT2D eigenvalue weighted by atomic mass is 10.3. The Morgan fingerprint density at radius 1 is 1.50 bits per heavy atom. The van der Waals surface area contributed by atoms with Gasteiger partial charge in [-0.05, 0) is 13.8 Å². The van der Waals surface area contributed by atoms with Gasteiger partial charge in [-0.3, -0.25) is 0 Å². The minimum atomic E-state index is -0.259. The van der Waals surface area contributed by atoms with Crippen molar-refractivity contribution in [2.75, 3.05) is 18.5 Å². The van der Waals surface area contributed by atoms with E-state index in [2.05, 4.69) is 15.3 Å². The lowest BCUT2D eigenvalue weighted by molar-refractivity contribution is 0.270. The van der Waals surface area contributed by atoms with Crippen LogP contribution in [0.5, 0.6) is 0 Å².